The van der Waals surface area contributed by atoms with Gasteiger partial charge < -0.3 is 0 Å². The molecule has 0 amide bonds. The van der Waals surface area contributed by atoms with E-state index in [1.807, 2.05) is 20.8 Å². The minimum Gasteiger partial charge on any atom is -0.253 e. The number of hydrogen-bond acceptors (Lipinski definition) is 2. The van der Waals surface area contributed by atoms with E-state index in [-0.39, 0.29) is 16.0 Å². The van der Waals surface area contributed by atoms with E-state index < -0.39 is 8.03 Å². The third-order valence-corrected chi connectivity index (χ3v) is 5.02. The standard InChI is InChI=1S/C19H32O2P/c1-13-11-14(17(2,3)4)16(15(12-13)18(5,6)7)21-22(20)19(8,9)10/h11-12H,1-10H3/q+1. The zero-order valence-electron chi connectivity index (χ0n) is 15.9. The van der Waals surface area contributed by atoms with Gasteiger partial charge in [-0.05, 0) is 43.1 Å². The molecule has 1 aromatic carbocycles. The maximum Gasteiger partial charge on any atom is 0.561 e. The summed E-state index contributed by atoms with van der Waals surface area (Å²) < 4.78 is 18.7. The van der Waals surface area contributed by atoms with E-state index in [1.54, 1.807) is 0 Å². The molecule has 0 aliphatic heterocycles. The van der Waals surface area contributed by atoms with Crippen LogP contribution in [0, 0.1) is 6.92 Å². The van der Waals surface area contributed by atoms with E-state index in [4.69, 9.17) is 4.52 Å². The highest BCUT2D eigenvalue weighted by Gasteiger charge is 2.41. The van der Waals surface area contributed by atoms with E-state index in [2.05, 4.69) is 60.6 Å². The van der Waals surface area contributed by atoms with Crippen LogP contribution in [-0.4, -0.2) is 5.16 Å². The molecule has 0 heterocycles. The maximum absolute atomic E-state index is 12.6. The molecular weight excluding hydrogens is 291 g/mol. The Morgan fingerprint density at radius 1 is 0.818 bits per heavy atom. The number of aryl methyl sites for hydroxylation is 1. The molecule has 1 rings (SSSR count). The fraction of sp³-hybridized carbons (Fsp3) is 0.684. The topological polar surface area (TPSA) is 26.3 Å². The molecule has 3 heteroatoms. The molecule has 0 aliphatic rings. The molecule has 124 valence electrons. The van der Waals surface area contributed by atoms with Gasteiger partial charge in [-0.1, -0.05) is 59.2 Å². The molecule has 0 bridgehead atoms. The predicted molar refractivity (Wildman–Crippen MR) is 96.6 cm³/mol. The summed E-state index contributed by atoms with van der Waals surface area (Å²) in [6.07, 6.45) is 0. The van der Waals surface area contributed by atoms with E-state index in [9.17, 15) is 4.57 Å². The Bertz CT molecular complexity index is 532. The Balaban J connectivity index is 3.60. The monoisotopic (exact) mass is 323 g/mol. The van der Waals surface area contributed by atoms with Crippen LogP contribution in [-0.2, 0) is 15.4 Å². The quantitative estimate of drug-likeness (QED) is 0.580. The van der Waals surface area contributed by atoms with Crippen LogP contribution >= 0.6 is 8.03 Å². The summed E-state index contributed by atoms with van der Waals surface area (Å²) in [6, 6.07) is 4.33. The van der Waals surface area contributed by atoms with E-state index in [0.717, 1.165) is 16.9 Å². The fourth-order valence-electron chi connectivity index (χ4n) is 2.21. The summed E-state index contributed by atoms with van der Waals surface area (Å²) in [7, 11) is -1.78. The third kappa shape index (κ3) is 4.56. The van der Waals surface area contributed by atoms with E-state index >= 15 is 0 Å². The summed E-state index contributed by atoms with van der Waals surface area (Å²) in [4.78, 5) is 0. The van der Waals surface area contributed by atoms with Gasteiger partial charge in [0.05, 0.1) is 0 Å². The molecule has 1 aromatic rings. The van der Waals surface area contributed by atoms with Gasteiger partial charge in [-0.2, -0.15) is 0 Å². The molecule has 1 atom stereocenters. The first-order valence-electron chi connectivity index (χ1n) is 7.95. The SMILES string of the molecule is Cc1cc(C(C)(C)C)c(O[P+](=O)C(C)(C)C)c(C(C)(C)C)c1. The van der Waals surface area contributed by atoms with Gasteiger partial charge in [-0.3, -0.25) is 4.52 Å². The van der Waals surface area contributed by atoms with Crippen LogP contribution in [0.3, 0.4) is 0 Å². The lowest BCUT2D eigenvalue weighted by Gasteiger charge is -2.28. The van der Waals surface area contributed by atoms with Crippen LogP contribution in [0.4, 0.5) is 0 Å². The van der Waals surface area contributed by atoms with Crippen molar-refractivity contribution < 1.29 is 9.09 Å². The Morgan fingerprint density at radius 2 is 1.18 bits per heavy atom. The van der Waals surface area contributed by atoms with Crippen molar-refractivity contribution in [1.82, 2.24) is 0 Å². The summed E-state index contributed by atoms with van der Waals surface area (Å²) in [5.74, 6) is 0.807. The largest absolute Gasteiger partial charge is 0.561 e. The average molecular weight is 323 g/mol. The second-order valence-corrected chi connectivity index (χ2v) is 11.2. The van der Waals surface area contributed by atoms with Gasteiger partial charge in [0.1, 0.15) is 0 Å². The Labute approximate surface area is 137 Å². The van der Waals surface area contributed by atoms with Crippen molar-refractivity contribution in [2.75, 3.05) is 0 Å². The van der Waals surface area contributed by atoms with Gasteiger partial charge in [0.2, 0.25) is 0 Å². The molecule has 2 nitrogen and oxygen atoms in total. The molecule has 0 fully saturated rings. The minimum atomic E-state index is -1.78. The van der Waals surface area contributed by atoms with Crippen molar-refractivity contribution in [1.29, 1.82) is 0 Å². The van der Waals surface area contributed by atoms with Crippen molar-refractivity contribution in [3.05, 3.63) is 28.8 Å². The molecule has 0 radical (unpaired) electrons. The highest BCUT2D eigenvalue weighted by atomic mass is 31.1. The Hall–Kier alpha value is -0.880. The molecule has 1 unspecified atom stereocenters. The summed E-state index contributed by atoms with van der Waals surface area (Å²) >= 11 is 0. The summed E-state index contributed by atoms with van der Waals surface area (Å²) in [6.45, 7) is 21.0. The summed E-state index contributed by atoms with van der Waals surface area (Å²) in [5.41, 5.74) is 3.36. The van der Waals surface area contributed by atoms with Crippen LogP contribution in [0.5, 0.6) is 5.75 Å². The van der Waals surface area contributed by atoms with Crippen LogP contribution in [0.25, 0.3) is 0 Å². The first-order valence-corrected chi connectivity index (χ1v) is 9.13. The Kier molecular flexibility index (Phi) is 5.20. The molecule has 0 saturated carbocycles. The lowest BCUT2D eigenvalue weighted by Crippen LogP contribution is -2.20. The molecule has 0 N–H and O–H groups in total. The lowest BCUT2D eigenvalue weighted by atomic mass is 9.78. The maximum atomic E-state index is 12.6. The van der Waals surface area contributed by atoms with Crippen LogP contribution in [0.2, 0.25) is 0 Å². The lowest BCUT2D eigenvalue weighted by molar-refractivity contribution is 0.448. The average Bonchev–Trinajstić information content (AvgIpc) is 2.26. The number of hydrogen-bond donors (Lipinski definition) is 0. The van der Waals surface area contributed by atoms with Gasteiger partial charge in [-0.15, -0.1) is 0 Å². The van der Waals surface area contributed by atoms with Gasteiger partial charge >= 0.3 is 8.03 Å². The minimum absolute atomic E-state index is 0.0601. The van der Waals surface area contributed by atoms with Crippen molar-refractivity contribution in [2.24, 2.45) is 0 Å². The van der Waals surface area contributed by atoms with Gasteiger partial charge in [0.15, 0.2) is 10.9 Å². The zero-order valence-corrected chi connectivity index (χ0v) is 16.8. The predicted octanol–water partition coefficient (Wildman–Crippen LogP) is 6.51. The van der Waals surface area contributed by atoms with Gasteiger partial charge in [0, 0.05) is 11.1 Å². The van der Waals surface area contributed by atoms with Crippen LogP contribution in [0.1, 0.15) is 79.0 Å². The molecular formula is C19H32O2P+. The number of rotatable bonds is 2. The van der Waals surface area contributed by atoms with Crippen molar-refractivity contribution >= 4 is 8.03 Å². The zero-order chi connectivity index (χ0) is 17.5. The van der Waals surface area contributed by atoms with E-state index in [0.29, 0.717) is 0 Å². The van der Waals surface area contributed by atoms with Crippen LogP contribution < -0.4 is 4.52 Å². The normalized spacial score (nSPS) is 14.0. The van der Waals surface area contributed by atoms with E-state index in [1.165, 1.54) is 5.56 Å². The third-order valence-electron chi connectivity index (χ3n) is 3.57. The molecule has 0 aromatic heterocycles. The highest BCUT2D eigenvalue weighted by molar-refractivity contribution is 7.41. The van der Waals surface area contributed by atoms with Gasteiger partial charge in [0.25, 0.3) is 0 Å². The first kappa shape index (κ1) is 19.2. The molecule has 22 heavy (non-hydrogen) atoms. The van der Waals surface area contributed by atoms with Crippen molar-refractivity contribution in [3.8, 4) is 5.75 Å². The van der Waals surface area contributed by atoms with Crippen molar-refractivity contribution in [3.63, 3.8) is 0 Å². The fourth-order valence-corrected chi connectivity index (χ4v) is 2.84. The smallest absolute Gasteiger partial charge is 0.253 e. The second-order valence-electron chi connectivity index (χ2n) is 9.21. The second kappa shape index (κ2) is 5.96. The summed E-state index contributed by atoms with van der Waals surface area (Å²) in [5, 5.41) is -0.371. The van der Waals surface area contributed by atoms with Gasteiger partial charge in [-0.25, -0.2) is 0 Å². The molecule has 0 saturated heterocycles. The number of benzene rings is 1. The first-order chi connectivity index (χ1) is 9.64. The molecule has 0 aliphatic carbocycles. The molecule has 0 spiro atoms. The highest BCUT2D eigenvalue weighted by Crippen LogP contribution is 2.47. The Morgan fingerprint density at radius 3 is 1.45 bits per heavy atom. The van der Waals surface area contributed by atoms with Crippen molar-refractivity contribution in [2.45, 2.75) is 85.2 Å². The van der Waals surface area contributed by atoms with Crippen LogP contribution in [0.15, 0.2) is 12.1 Å².